The molecule has 0 spiro atoms. The quantitative estimate of drug-likeness (QED) is 0.531. The molecule has 0 bridgehead atoms. The molecule has 2 rings (SSSR count). The summed E-state index contributed by atoms with van der Waals surface area (Å²) in [7, 11) is 0. The van der Waals surface area contributed by atoms with Crippen LogP contribution in [0.25, 0.3) is 0 Å². The molecule has 0 amide bonds. The number of rotatable bonds is 2. The lowest BCUT2D eigenvalue weighted by molar-refractivity contribution is 0.384. The Balaban J connectivity index is 2.19. The van der Waals surface area contributed by atoms with Crippen molar-refractivity contribution >= 4 is 23.2 Å². The Labute approximate surface area is 81.2 Å². The van der Waals surface area contributed by atoms with Gasteiger partial charge >= 0.3 is 0 Å². The van der Waals surface area contributed by atoms with Gasteiger partial charge in [0.2, 0.25) is 0 Å². The molecule has 0 N–H and O–H groups in total. The summed E-state index contributed by atoms with van der Waals surface area (Å²) in [5.41, 5.74) is 1.05. The smallest absolute Gasteiger partial charge is 0.112 e. The molecule has 0 aliphatic carbocycles. The summed E-state index contributed by atoms with van der Waals surface area (Å²) in [5.74, 6) is 0.538. The van der Waals surface area contributed by atoms with Gasteiger partial charge in [0.25, 0.3) is 0 Å². The maximum absolute atomic E-state index is 5.96. The van der Waals surface area contributed by atoms with E-state index in [-0.39, 0.29) is 12.2 Å². The van der Waals surface area contributed by atoms with Crippen molar-refractivity contribution in [3.63, 3.8) is 0 Å². The highest BCUT2D eigenvalue weighted by Crippen LogP contribution is 2.41. The van der Waals surface area contributed by atoms with Gasteiger partial charge in [-0.2, -0.15) is 0 Å². The minimum Gasteiger partial charge on any atom is -0.363 e. The molecule has 2 atom stereocenters. The van der Waals surface area contributed by atoms with Crippen molar-refractivity contribution in [2.75, 3.05) is 5.88 Å². The highest BCUT2D eigenvalue weighted by atomic mass is 35.5. The molecule has 2 unspecified atom stereocenters. The molecule has 1 fully saturated rings. The summed E-state index contributed by atoms with van der Waals surface area (Å²) in [4.78, 5) is 0. The van der Waals surface area contributed by atoms with Crippen molar-refractivity contribution < 1.29 is 4.74 Å². The van der Waals surface area contributed by atoms with Crippen LogP contribution in [0.5, 0.6) is 0 Å². The lowest BCUT2D eigenvalue weighted by Gasteiger charge is -1.97. The Kier molecular flexibility index (Phi) is 2.26. The minimum absolute atomic E-state index is 0.121. The highest BCUT2D eigenvalue weighted by molar-refractivity contribution is 6.31. The second kappa shape index (κ2) is 3.25. The Morgan fingerprint density at radius 3 is 2.67 bits per heavy atom. The van der Waals surface area contributed by atoms with Gasteiger partial charge in [-0.1, -0.05) is 29.8 Å². The first kappa shape index (κ1) is 8.36. The Bertz CT molecular complexity index is 288. The van der Waals surface area contributed by atoms with Crippen molar-refractivity contribution in [1.82, 2.24) is 0 Å². The molecule has 1 aliphatic rings. The van der Waals surface area contributed by atoms with Crippen molar-refractivity contribution in [2.24, 2.45) is 0 Å². The number of ether oxygens (including phenoxy) is 1. The number of alkyl halides is 1. The summed E-state index contributed by atoms with van der Waals surface area (Å²) in [6, 6.07) is 7.70. The van der Waals surface area contributed by atoms with E-state index in [0.29, 0.717) is 5.88 Å². The van der Waals surface area contributed by atoms with Gasteiger partial charge in [0.15, 0.2) is 0 Å². The molecule has 0 radical (unpaired) electrons. The number of hydrogen-bond acceptors (Lipinski definition) is 1. The zero-order valence-electron chi connectivity index (χ0n) is 6.34. The molecular weight excluding hydrogens is 195 g/mol. The van der Waals surface area contributed by atoms with Crippen LogP contribution >= 0.6 is 23.2 Å². The van der Waals surface area contributed by atoms with E-state index >= 15 is 0 Å². The summed E-state index contributed by atoms with van der Waals surface area (Å²) >= 11 is 11.6. The van der Waals surface area contributed by atoms with E-state index in [9.17, 15) is 0 Å². The van der Waals surface area contributed by atoms with E-state index < -0.39 is 0 Å². The van der Waals surface area contributed by atoms with Crippen LogP contribution < -0.4 is 0 Å². The molecule has 1 aliphatic heterocycles. The predicted octanol–water partition coefficient (Wildman–Crippen LogP) is 3.02. The minimum atomic E-state index is 0.121. The normalized spacial score (nSPS) is 27.2. The van der Waals surface area contributed by atoms with E-state index in [4.69, 9.17) is 27.9 Å². The number of halogens is 2. The third-order valence-corrected chi connectivity index (χ3v) is 2.59. The van der Waals surface area contributed by atoms with Crippen molar-refractivity contribution in [2.45, 2.75) is 12.2 Å². The molecule has 0 aromatic heterocycles. The molecule has 1 heterocycles. The van der Waals surface area contributed by atoms with Gasteiger partial charge in [0.1, 0.15) is 12.2 Å². The Morgan fingerprint density at radius 1 is 1.33 bits per heavy atom. The molecule has 0 saturated carbocycles. The lowest BCUT2D eigenvalue weighted by atomic mass is 10.1. The maximum Gasteiger partial charge on any atom is 0.112 e. The fraction of sp³-hybridized carbons (Fsp3) is 0.333. The zero-order valence-corrected chi connectivity index (χ0v) is 7.85. The first-order valence-corrected chi connectivity index (χ1v) is 4.70. The van der Waals surface area contributed by atoms with Crippen molar-refractivity contribution in [1.29, 1.82) is 0 Å². The highest BCUT2D eigenvalue weighted by Gasteiger charge is 2.40. The summed E-state index contributed by atoms with van der Waals surface area (Å²) < 4.78 is 5.32. The first-order valence-electron chi connectivity index (χ1n) is 3.79. The van der Waals surface area contributed by atoms with Crippen LogP contribution in [0, 0.1) is 0 Å². The molecule has 1 aromatic rings. The number of epoxide rings is 1. The molecule has 3 heteroatoms. The largest absolute Gasteiger partial charge is 0.363 e. The molecule has 64 valence electrons. The summed E-state index contributed by atoms with van der Waals surface area (Å²) in [5, 5.41) is 0.759. The molecule has 1 nitrogen and oxygen atoms in total. The molecule has 1 saturated heterocycles. The van der Waals surface area contributed by atoms with Crippen molar-refractivity contribution in [3.05, 3.63) is 34.9 Å². The van der Waals surface area contributed by atoms with E-state index in [1.807, 2.05) is 24.3 Å². The van der Waals surface area contributed by atoms with Gasteiger partial charge in [-0.15, -0.1) is 11.6 Å². The van der Waals surface area contributed by atoms with Gasteiger partial charge in [-0.05, 0) is 6.07 Å². The van der Waals surface area contributed by atoms with Crippen LogP contribution in [0.2, 0.25) is 5.02 Å². The van der Waals surface area contributed by atoms with Crippen LogP contribution in [0.3, 0.4) is 0 Å². The molecule has 1 aromatic carbocycles. The maximum atomic E-state index is 5.96. The van der Waals surface area contributed by atoms with Crippen molar-refractivity contribution in [3.8, 4) is 0 Å². The summed E-state index contributed by atoms with van der Waals surface area (Å²) in [6.07, 6.45) is 0.280. The predicted molar refractivity (Wildman–Crippen MR) is 49.8 cm³/mol. The zero-order chi connectivity index (χ0) is 8.55. The second-order valence-corrected chi connectivity index (χ2v) is 3.49. The number of hydrogen-bond donors (Lipinski definition) is 0. The average Bonchev–Trinajstić information content (AvgIpc) is 2.84. The Hall–Kier alpha value is -0.240. The SMILES string of the molecule is ClCC1OC1c1ccccc1Cl. The third-order valence-electron chi connectivity index (χ3n) is 1.95. The standard InChI is InChI=1S/C9H8Cl2O/c10-5-8-9(12-8)6-3-1-2-4-7(6)11/h1-4,8-9H,5H2. The van der Waals surface area contributed by atoms with Crippen LogP contribution in [0.1, 0.15) is 11.7 Å². The third kappa shape index (κ3) is 1.45. The van der Waals surface area contributed by atoms with Gasteiger partial charge in [0.05, 0.1) is 5.88 Å². The van der Waals surface area contributed by atoms with E-state index in [0.717, 1.165) is 10.6 Å². The van der Waals surface area contributed by atoms with Crippen LogP contribution in [0.4, 0.5) is 0 Å². The van der Waals surface area contributed by atoms with Gasteiger partial charge < -0.3 is 4.74 Å². The number of benzene rings is 1. The monoisotopic (exact) mass is 202 g/mol. The van der Waals surface area contributed by atoms with Gasteiger partial charge in [-0.3, -0.25) is 0 Å². The average molecular weight is 203 g/mol. The second-order valence-electron chi connectivity index (χ2n) is 2.77. The lowest BCUT2D eigenvalue weighted by Crippen LogP contribution is -1.89. The molecular formula is C9H8Cl2O. The van der Waals surface area contributed by atoms with E-state index in [1.165, 1.54) is 0 Å². The van der Waals surface area contributed by atoms with E-state index in [2.05, 4.69) is 0 Å². The van der Waals surface area contributed by atoms with Crippen LogP contribution in [-0.2, 0) is 4.74 Å². The topological polar surface area (TPSA) is 12.5 Å². The van der Waals surface area contributed by atoms with Crippen LogP contribution in [-0.4, -0.2) is 12.0 Å². The fourth-order valence-corrected chi connectivity index (χ4v) is 1.72. The fourth-order valence-electron chi connectivity index (χ4n) is 1.24. The molecule has 12 heavy (non-hydrogen) atoms. The first-order chi connectivity index (χ1) is 5.83. The van der Waals surface area contributed by atoms with Gasteiger partial charge in [0, 0.05) is 10.6 Å². The summed E-state index contributed by atoms with van der Waals surface area (Å²) in [6.45, 7) is 0. The Morgan fingerprint density at radius 2 is 2.08 bits per heavy atom. The van der Waals surface area contributed by atoms with E-state index in [1.54, 1.807) is 0 Å². The van der Waals surface area contributed by atoms with Crippen LogP contribution in [0.15, 0.2) is 24.3 Å². The van der Waals surface area contributed by atoms with Gasteiger partial charge in [-0.25, -0.2) is 0 Å².